The largest absolute Gasteiger partial charge is 0.466 e. The van der Waals surface area contributed by atoms with Crippen molar-refractivity contribution in [2.24, 2.45) is 5.92 Å². The summed E-state index contributed by atoms with van der Waals surface area (Å²) in [7, 11) is 1.27. The third kappa shape index (κ3) is 4.00. The Bertz CT molecular complexity index is 1020. The van der Waals surface area contributed by atoms with Crippen LogP contribution in [0, 0.1) is 16.0 Å². The van der Waals surface area contributed by atoms with Crippen LogP contribution in [0.1, 0.15) is 38.2 Å². The molecule has 4 aliphatic rings. The summed E-state index contributed by atoms with van der Waals surface area (Å²) in [5, 5.41) is 14.5. The van der Waals surface area contributed by atoms with Gasteiger partial charge in [-0.2, -0.15) is 0 Å². The number of fused-ring (bicyclic) bond motifs is 3. The molecule has 0 spiro atoms. The Hall–Kier alpha value is -3.20. The first-order valence-electron chi connectivity index (χ1n) is 10.7. The van der Waals surface area contributed by atoms with Crippen molar-refractivity contribution in [1.29, 1.82) is 0 Å². The molecule has 170 valence electrons. The average Bonchev–Trinajstić information content (AvgIpc) is 2.78. The number of piperidine rings is 3. The van der Waals surface area contributed by atoms with E-state index in [4.69, 9.17) is 9.47 Å². The molecule has 0 saturated carbocycles. The lowest BCUT2D eigenvalue weighted by Crippen LogP contribution is -2.52. The molecule has 4 heterocycles. The third-order valence-corrected chi connectivity index (χ3v) is 6.65. The van der Waals surface area contributed by atoms with Crippen molar-refractivity contribution in [3.8, 4) is 0 Å². The van der Waals surface area contributed by atoms with E-state index in [0.29, 0.717) is 29.4 Å². The van der Waals surface area contributed by atoms with Gasteiger partial charge in [0.2, 0.25) is 0 Å². The predicted octanol–water partition coefficient (Wildman–Crippen LogP) is 2.64. The fourth-order valence-corrected chi connectivity index (χ4v) is 5.04. The number of nitrogens with one attached hydrogen (secondary N) is 1. The highest BCUT2D eigenvalue weighted by atomic mass is 16.6. The predicted molar refractivity (Wildman–Crippen MR) is 115 cm³/mol. The molecule has 5 rings (SSSR count). The molecule has 3 saturated heterocycles. The first-order valence-corrected chi connectivity index (χ1v) is 10.7. The highest BCUT2D eigenvalue weighted by Crippen LogP contribution is 2.41. The number of carbonyl (C=O) groups excluding carboxylic acids is 2. The summed E-state index contributed by atoms with van der Waals surface area (Å²) in [6.45, 7) is 6.21. The van der Waals surface area contributed by atoms with Gasteiger partial charge in [-0.3, -0.25) is 15.0 Å². The third-order valence-electron chi connectivity index (χ3n) is 6.65. The van der Waals surface area contributed by atoms with Crippen molar-refractivity contribution in [2.75, 3.05) is 26.7 Å². The Morgan fingerprint density at radius 1 is 1.12 bits per heavy atom. The van der Waals surface area contributed by atoms with Crippen LogP contribution in [0.4, 0.5) is 5.69 Å². The van der Waals surface area contributed by atoms with Crippen LogP contribution in [-0.4, -0.2) is 54.6 Å². The van der Waals surface area contributed by atoms with Crippen molar-refractivity contribution in [2.45, 2.75) is 38.7 Å². The lowest BCUT2D eigenvalue weighted by atomic mass is 9.80. The molecule has 0 aliphatic carbocycles. The van der Waals surface area contributed by atoms with Crippen LogP contribution in [0.3, 0.4) is 0 Å². The van der Waals surface area contributed by atoms with E-state index in [1.54, 1.807) is 26.0 Å². The molecule has 3 fully saturated rings. The van der Waals surface area contributed by atoms with Crippen LogP contribution >= 0.6 is 0 Å². The van der Waals surface area contributed by atoms with E-state index in [1.807, 2.05) is 0 Å². The van der Waals surface area contributed by atoms with Gasteiger partial charge < -0.3 is 14.8 Å². The highest BCUT2D eigenvalue weighted by molar-refractivity contribution is 6.00. The van der Waals surface area contributed by atoms with Gasteiger partial charge in [0.05, 0.1) is 29.1 Å². The maximum atomic E-state index is 13.5. The standard InChI is InChI=1S/C23H27N3O6/c1-13-19(22(27)31-3)21(16-5-4-6-17(11-16)26(29)30)20(14(2)24-13)23(28)32-18-12-25-9-7-15(18)8-10-25/h4-6,11,15,18,21,24H,7-10,12H2,1-3H3/t18-,21?/m1/s1. The maximum Gasteiger partial charge on any atom is 0.337 e. The van der Waals surface area contributed by atoms with Gasteiger partial charge in [0.25, 0.3) is 5.69 Å². The molecule has 9 nitrogen and oxygen atoms in total. The zero-order chi connectivity index (χ0) is 23.0. The molecule has 2 bridgehead atoms. The summed E-state index contributed by atoms with van der Waals surface area (Å²) >= 11 is 0. The molecule has 4 aliphatic heterocycles. The van der Waals surface area contributed by atoms with Crippen LogP contribution in [0.2, 0.25) is 0 Å². The minimum Gasteiger partial charge on any atom is -0.466 e. The van der Waals surface area contributed by atoms with E-state index < -0.39 is 22.8 Å². The van der Waals surface area contributed by atoms with Crippen LogP contribution in [0.25, 0.3) is 0 Å². The molecule has 32 heavy (non-hydrogen) atoms. The first kappa shape index (κ1) is 22.0. The first-order chi connectivity index (χ1) is 15.3. The van der Waals surface area contributed by atoms with E-state index in [1.165, 1.54) is 19.2 Å². The van der Waals surface area contributed by atoms with E-state index >= 15 is 0 Å². The Morgan fingerprint density at radius 3 is 2.34 bits per heavy atom. The molecule has 1 aromatic carbocycles. The van der Waals surface area contributed by atoms with Gasteiger partial charge in [0.15, 0.2) is 0 Å². The number of methoxy groups -OCH3 is 1. The van der Waals surface area contributed by atoms with Gasteiger partial charge in [-0.05, 0) is 51.3 Å². The summed E-state index contributed by atoms with van der Waals surface area (Å²) in [5.74, 6) is -1.63. The normalized spacial score (nSPS) is 27.1. The summed E-state index contributed by atoms with van der Waals surface area (Å²) in [5.41, 5.74) is 1.93. The Labute approximate surface area is 186 Å². The second-order valence-corrected chi connectivity index (χ2v) is 8.56. The molecule has 1 unspecified atom stereocenters. The number of benzene rings is 1. The van der Waals surface area contributed by atoms with Crippen molar-refractivity contribution in [3.05, 3.63) is 62.5 Å². The number of rotatable bonds is 5. The lowest BCUT2D eigenvalue weighted by molar-refractivity contribution is -0.384. The van der Waals surface area contributed by atoms with Crippen LogP contribution < -0.4 is 5.32 Å². The van der Waals surface area contributed by atoms with Crippen molar-refractivity contribution < 1.29 is 24.0 Å². The number of esters is 2. The highest BCUT2D eigenvalue weighted by Gasteiger charge is 2.41. The summed E-state index contributed by atoms with van der Waals surface area (Å²) < 4.78 is 11.0. The van der Waals surface area contributed by atoms with Crippen LogP contribution in [-0.2, 0) is 19.1 Å². The number of dihydropyridines is 1. The summed E-state index contributed by atoms with van der Waals surface area (Å²) in [6.07, 6.45) is 1.79. The number of nitrogens with zero attached hydrogens (tertiary/aromatic N) is 2. The Kier molecular flexibility index (Phi) is 6.01. The van der Waals surface area contributed by atoms with E-state index in [0.717, 1.165) is 25.9 Å². The molecule has 1 N–H and O–H groups in total. The second kappa shape index (κ2) is 8.74. The van der Waals surface area contributed by atoms with Crippen molar-refractivity contribution >= 4 is 17.6 Å². The summed E-state index contributed by atoms with van der Waals surface area (Å²) in [4.78, 5) is 39.3. The van der Waals surface area contributed by atoms with Gasteiger partial charge in [0, 0.05) is 30.1 Å². The van der Waals surface area contributed by atoms with Crippen molar-refractivity contribution in [1.82, 2.24) is 10.2 Å². The molecule has 1 aromatic rings. The number of nitro benzene ring substituents is 1. The summed E-state index contributed by atoms with van der Waals surface area (Å²) in [6, 6.07) is 5.99. The number of ether oxygens (including phenoxy) is 2. The van der Waals surface area contributed by atoms with Gasteiger partial charge in [0.1, 0.15) is 6.10 Å². The fraction of sp³-hybridized carbons (Fsp3) is 0.478. The molecular formula is C23H27N3O6. The number of non-ortho nitro benzene ring substituents is 1. The SMILES string of the molecule is COC(=O)C1=C(C)NC(C)=C(C(=O)O[C@@H]2CN3CCC2CC3)C1c1cccc([N+](=O)[O-])c1. The molecule has 0 aromatic heterocycles. The lowest BCUT2D eigenvalue weighted by Gasteiger charge is -2.44. The molecular weight excluding hydrogens is 414 g/mol. The average molecular weight is 441 g/mol. The van der Waals surface area contributed by atoms with Gasteiger partial charge in [-0.1, -0.05) is 12.1 Å². The minimum atomic E-state index is -0.836. The molecule has 2 atom stereocenters. The Balaban J connectivity index is 1.73. The van der Waals surface area contributed by atoms with E-state index in [2.05, 4.69) is 10.2 Å². The van der Waals surface area contributed by atoms with Crippen LogP contribution in [0.5, 0.6) is 0 Å². The van der Waals surface area contributed by atoms with Gasteiger partial charge >= 0.3 is 11.9 Å². The monoisotopic (exact) mass is 441 g/mol. The zero-order valence-corrected chi connectivity index (χ0v) is 18.4. The van der Waals surface area contributed by atoms with E-state index in [9.17, 15) is 19.7 Å². The minimum absolute atomic E-state index is 0.120. The van der Waals surface area contributed by atoms with Gasteiger partial charge in [-0.15, -0.1) is 0 Å². The fourth-order valence-electron chi connectivity index (χ4n) is 5.04. The van der Waals surface area contributed by atoms with Gasteiger partial charge in [-0.25, -0.2) is 9.59 Å². The maximum absolute atomic E-state index is 13.5. The number of carbonyl (C=O) groups is 2. The number of hydrogen-bond acceptors (Lipinski definition) is 8. The van der Waals surface area contributed by atoms with Crippen LogP contribution in [0.15, 0.2) is 46.8 Å². The number of hydrogen-bond donors (Lipinski definition) is 1. The van der Waals surface area contributed by atoms with Crippen molar-refractivity contribution in [3.63, 3.8) is 0 Å². The molecule has 0 amide bonds. The Morgan fingerprint density at radius 2 is 1.78 bits per heavy atom. The quantitative estimate of drug-likeness (QED) is 0.422. The molecule has 9 heteroatoms. The topological polar surface area (TPSA) is 111 Å². The smallest absolute Gasteiger partial charge is 0.337 e. The molecule has 0 radical (unpaired) electrons. The second-order valence-electron chi connectivity index (χ2n) is 8.56. The number of allylic oxidation sites excluding steroid dienone is 2. The zero-order valence-electron chi connectivity index (χ0n) is 18.4. The van der Waals surface area contributed by atoms with E-state index in [-0.39, 0.29) is 22.9 Å². The number of nitro groups is 1.